The summed E-state index contributed by atoms with van der Waals surface area (Å²) in [5, 5.41) is 11.8. The molecule has 0 heterocycles. The minimum absolute atomic E-state index is 0.225. The van der Waals surface area contributed by atoms with Gasteiger partial charge in [0.25, 0.3) is 0 Å². The third kappa shape index (κ3) is 6.92. The second-order valence-corrected chi connectivity index (χ2v) is 5.43. The number of unbranched alkanes of at least 4 members (excludes halogenated alkanes) is 3. The van der Waals surface area contributed by atoms with Crippen molar-refractivity contribution in [3.8, 4) is 5.75 Å². The van der Waals surface area contributed by atoms with Crippen molar-refractivity contribution in [2.24, 2.45) is 0 Å². The fraction of sp³-hybridized carbons (Fsp3) is 0.647. The zero-order chi connectivity index (χ0) is 14.6. The van der Waals surface area contributed by atoms with Crippen molar-refractivity contribution >= 4 is 0 Å². The van der Waals surface area contributed by atoms with Crippen molar-refractivity contribution in [2.45, 2.75) is 45.4 Å². The largest absolute Gasteiger partial charge is 0.493 e. The van der Waals surface area contributed by atoms with Crippen LogP contribution in [0.2, 0.25) is 0 Å². The Morgan fingerprint density at radius 2 is 1.80 bits per heavy atom. The molecule has 0 aliphatic heterocycles. The smallest absolute Gasteiger partial charge is 0.122 e. The number of nitrogens with one attached hydrogen (secondary N) is 1. The van der Waals surface area contributed by atoms with Crippen LogP contribution >= 0.6 is 0 Å². The fourth-order valence-corrected chi connectivity index (χ4v) is 2.18. The molecule has 114 valence electrons. The maximum Gasteiger partial charge on any atom is 0.122 e. The first-order chi connectivity index (χ1) is 9.75. The molecule has 0 fully saturated rings. The molecule has 0 aromatic heterocycles. The van der Waals surface area contributed by atoms with Crippen LogP contribution in [0.3, 0.4) is 0 Å². The molecule has 0 aliphatic carbocycles. The van der Waals surface area contributed by atoms with Gasteiger partial charge in [-0.05, 0) is 36.9 Å². The molecule has 3 nitrogen and oxygen atoms in total. The van der Waals surface area contributed by atoms with E-state index >= 15 is 0 Å². The van der Waals surface area contributed by atoms with E-state index in [1.165, 1.54) is 24.8 Å². The summed E-state index contributed by atoms with van der Waals surface area (Å²) in [5.41, 5.74) is 1.29. The molecule has 3 heteroatoms. The molecule has 0 radical (unpaired) electrons. The molecule has 1 aromatic carbocycles. The second-order valence-electron chi connectivity index (χ2n) is 5.43. The quantitative estimate of drug-likeness (QED) is 0.611. The Morgan fingerprint density at radius 1 is 1.05 bits per heavy atom. The summed E-state index contributed by atoms with van der Waals surface area (Å²) in [4.78, 5) is 0. The summed E-state index contributed by atoms with van der Waals surface area (Å²) in [6.45, 7) is 7.12. The van der Waals surface area contributed by atoms with E-state index in [1.54, 1.807) is 0 Å². The van der Waals surface area contributed by atoms with Crippen molar-refractivity contribution < 1.29 is 9.84 Å². The van der Waals surface area contributed by atoms with Gasteiger partial charge in [-0.2, -0.15) is 0 Å². The van der Waals surface area contributed by atoms with Crippen LogP contribution in [0.1, 0.15) is 51.0 Å². The van der Waals surface area contributed by atoms with Crippen LogP contribution in [0.4, 0.5) is 0 Å². The molecule has 0 spiro atoms. The van der Waals surface area contributed by atoms with E-state index < -0.39 is 0 Å². The number of hydrogen-bond donors (Lipinski definition) is 2. The molecule has 1 rings (SSSR count). The molecule has 2 N–H and O–H groups in total. The van der Waals surface area contributed by atoms with E-state index in [2.05, 4.69) is 37.4 Å². The summed E-state index contributed by atoms with van der Waals surface area (Å²) < 4.78 is 5.89. The highest BCUT2D eigenvalue weighted by atomic mass is 16.5. The molecule has 0 amide bonds. The molecule has 1 aromatic rings. The highest BCUT2D eigenvalue weighted by Gasteiger charge is 2.06. The average molecular weight is 279 g/mol. The maximum absolute atomic E-state index is 8.63. The van der Waals surface area contributed by atoms with Crippen molar-refractivity contribution in [3.05, 3.63) is 29.8 Å². The van der Waals surface area contributed by atoms with Crippen LogP contribution in [0.5, 0.6) is 5.75 Å². The van der Waals surface area contributed by atoms with Gasteiger partial charge >= 0.3 is 0 Å². The predicted octanol–water partition coefficient (Wildman–Crippen LogP) is 3.33. The molecule has 0 atom stereocenters. The van der Waals surface area contributed by atoms with Gasteiger partial charge in [-0.15, -0.1) is 0 Å². The first kappa shape index (κ1) is 17.0. The van der Waals surface area contributed by atoms with E-state index in [0.29, 0.717) is 12.5 Å². The summed E-state index contributed by atoms with van der Waals surface area (Å²) >= 11 is 0. The van der Waals surface area contributed by atoms with Crippen LogP contribution in [-0.2, 0) is 0 Å². The van der Waals surface area contributed by atoms with Crippen molar-refractivity contribution in [1.82, 2.24) is 5.32 Å². The van der Waals surface area contributed by atoms with Crippen molar-refractivity contribution in [3.63, 3.8) is 0 Å². The third-order valence-corrected chi connectivity index (χ3v) is 3.34. The van der Waals surface area contributed by atoms with Crippen molar-refractivity contribution in [1.29, 1.82) is 0 Å². The number of para-hydroxylation sites is 1. The van der Waals surface area contributed by atoms with Crippen molar-refractivity contribution in [2.75, 3.05) is 26.3 Å². The first-order valence-electron chi connectivity index (χ1n) is 7.79. The third-order valence-electron chi connectivity index (χ3n) is 3.34. The van der Waals surface area contributed by atoms with E-state index in [1.807, 2.05) is 6.07 Å². The van der Waals surface area contributed by atoms with Crippen LogP contribution < -0.4 is 10.1 Å². The van der Waals surface area contributed by atoms with Crippen LogP contribution in [0.15, 0.2) is 24.3 Å². The molecular weight excluding hydrogens is 250 g/mol. The Bertz CT molecular complexity index is 353. The zero-order valence-corrected chi connectivity index (χ0v) is 12.9. The number of rotatable bonds is 11. The molecule has 0 aliphatic rings. The number of aliphatic hydroxyl groups is 1. The van der Waals surface area contributed by atoms with E-state index in [9.17, 15) is 0 Å². The lowest BCUT2D eigenvalue weighted by molar-refractivity contribution is 0.290. The van der Waals surface area contributed by atoms with Gasteiger partial charge in [0.05, 0.1) is 13.2 Å². The van der Waals surface area contributed by atoms with Gasteiger partial charge in [0, 0.05) is 6.54 Å². The molecule has 20 heavy (non-hydrogen) atoms. The van der Waals surface area contributed by atoms with Gasteiger partial charge in [-0.3, -0.25) is 0 Å². The Kier molecular flexibility index (Phi) is 9.09. The van der Waals surface area contributed by atoms with E-state index in [0.717, 1.165) is 25.3 Å². The fourth-order valence-electron chi connectivity index (χ4n) is 2.18. The summed E-state index contributed by atoms with van der Waals surface area (Å²) in [6, 6.07) is 8.32. The highest BCUT2D eigenvalue weighted by molar-refractivity contribution is 5.35. The summed E-state index contributed by atoms with van der Waals surface area (Å²) in [5.74, 6) is 1.54. The van der Waals surface area contributed by atoms with Gasteiger partial charge in [-0.1, -0.05) is 44.9 Å². The minimum atomic E-state index is 0.225. The minimum Gasteiger partial charge on any atom is -0.493 e. The predicted molar refractivity (Wildman–Crippen MR) is 84.4 cm³/mol. The molecule has 0 unspecified atom stereocenters. The van der Waals surface area contributed by atoms with Gasteiger partial charge in [0.2, 0.25) is 0 Å². The van der Waals surface area contributed by atoms with E-state index in [4.69, 9.17) is 9.84 Å². The van der Waals surface area contributed by atoms with Gasteiger partial charge in [-0.25, -0.2) is 0 Å². The van der Waals surface area contributed by atoms with Gasteiger partial charge in [0.15, 0.2) is 0 Å². The van der Waals surface area contributed by atoms with Crippen LogP contribution in [0, 0.1) is 0 Å². The first-order valence-corrected chi connectivity index (χ1v) is 7.79. The normalized spacial score (nSPS) is 11.0. The topological polar surface area (TPSA) is 41.5 Å². The van der Waals surface area contributed by atoms with Crippen LogP contribution in [0.25, 0.3) is 0 Å². The second kappa shape index (κ2) is 10.7. The number of benzene rings is 1. The Labute approximate surface area is 123 Å². The lowest BCUT2D eigenvalue weighted by Crippen LogP contribution is -2.19. The lowest BCUT2D eigenvalue weighted by atomic mass is 10.0. The lowest BCUT2D eigenvalue weighted by Gasteiger charge is -2.13. The van der Waals surface area contributed by atoms with Crippen LogP contribution in [-0.4, -0.2) is 31.4 Å². The van der Waals surface area contributed by atoms with Gasteiger partial charge in [0.1, 0.15) is 5.75 Å². The summed E-state index contributed by atoms with van der Waals surface area (Å²) in [7, 11) is 0. The van der Waals surface area contributed by atoms with E-state index in [-0.39, 0.29) is 6.61 Å². The Hall–Kier alpha value is -1.06. The van der Waals surface area contributed by atoms with Gasteiger partial charge < -0.3 is 15.2 Å². The maximum atomic E-state index is 8.63. The molecular formula is C17H29NO2. The SMILES string of the molecule is CC(C)c1ccccc1OCCCCCCNCCO. The molecule has 0 saturated heterocycles. The molecule has 0 bridgehead atoms. The summed E-state index contributed by atoms with van der Waals surface area (Å²) in [6.07, 6.45) is 4.69. The monoisotopic (exact) mass is 279 g/mol. The number of ether oxygens (including phenoxy) is 1. The zero-order valence-electron chi connectivity index (χ0n) is 12.9. The highest BCUT2D eigenvalue weighted by Crippen LogP contribution is 2.25. The Balaban J connectivity index is 2.10. The number of aliphatic hydroxyl groups excluding tert-OH is 1. The average Bonchev–Trinajstić information content (AvgIpc) is 2.46. The Morgan fingerprint density at radius 3 is 2.55 bits per heavy atom. The molecule has 0 saturated carbocycles. The standard InChI is InChI=1S/C17H29NO2/c1-15(2)16-9-5-6-10-17(16)20-14-8-4-3-7-11-18-12-13-19/h5-6,9-10,15,18-19H,3-4,7-8,11-14H2,1-2H3. The number of hydrogen-bond acceptors (Lipinski definition) is 3.